The smallest absolute Gasteiger partial charge is 0.308 e. The van der Waals surface area contributed by atoms with Gasteiger partial charge in [0, 0.05) is 5.41 Å². The SMILES string of the molecule is CCCC(O)(CC(=O)OC)C(=O)C(C)(C)C. The first-order valence-corrected chi connectivity index (χ1v) is 5.51. The van der Waals surface area contributed by atoms with E-state index in [0.29, 0.717) is 6.42 Å². The second-order valence-electron chi connectivity index (χ2n) is 5.11. The van der Waals surface area contributed by atoms with Crippen molar-refractivity contribution >= 4 is 11.8 Å². The van der Waals surface area contributed by atoms with Gasteiger partial charge in [0.2, 0.25) is 0 Å². The van der Waals surface area contributed by atoms with E-state index in [1.165, 1.54) is 7.11 Å². The van der Waals surface area contributed by atoms with E-state index in [0.717, 1.165) is 0 Å². The molecule has 94 valence electrons. The van der Waals surface area contributed by atoms with Crippen molar-refractivity contribution in [1.29, 1.82) is 0 Å². The zero-order valence-electron chi connectivity index (χ0n) is 10.8. The third-order valence-corrected chi connectivity index (χ3v) is 2.43. The summed E-state index contributed by atoms with van der Waals surface area (Å²) in [5, 5.41) is 10.3. The normalized spacial score (nSPS) is 15.4. The Balaban J connectivity index is 4.95. The van der Waals surface area contributed by atoms with Gasteiger partial charge in [0.1, 0.15) is 5.60 Å². The number of hydrogen-bond acceptors (Lipinski definition) is 4. The van der Waals surface area contributed by atoms with E-state index in [1.807, 2.05) is 6.92 Å². The zero-order chi connectivity index (χ0) is 13.0. The fraction of sp³-hybridized carbons (Fsp3) is 0.833. The molecule has 0 bridgehead atoms. The summed E-state index contributed by atoms with van der Waals surface area (Å²) < 4.78 is 4.50. The van der Waals surface area contributed by atoms with Gasteiger partial charge >= 0.3 is 5.97 Å². The molecular weight excluding hydrogens is 208 g/mol. The first-order valence-electron chi connectivity index (χ1n) is 5.51. The second-order valence-corrected chi connectivity index (χ2v) is 5.11. The van der Waals surface area contributed by atoms with Gasteiger partial charge in [-0.15, -0.1) is 0 Å². The summed E-state index contributed by atoms with van der Waals surface area (Å²) in [6, 6.07) is 0. The summed E-state index contributed by atoms with van der Waals surface area (Å²) >= 11 is 0. The van der Waals surface area contributed by atoms with E-state index in [4.69, 9.17) is 0 Å². The molecule has 1 N–H and O–H groups in total. The van der Waals surface area contributed by atoms with Gasteiger partial charge in [0.25, 0.3) is 0 Å². The Morgan fingerprint density at radius 2 is 1.75 bits per heavy atom. The molecule has 4 heteroatoms. The highest BCUT2D eigenvalue weighted by Gasteiger charge is 2.43. The molecule has 0 heterocycles. The minimum absolute atomic E-state index is 0.270. The summed E-state index contributed by atoms with van der Waals surface area (Å²) in [5.74, 6) is -0.874. The van der Waals surface area contributed by atoms with Crippen molar-refractivity contribution in [1.82, 2.24) is 0 Å². The van der Waals surface area contributed by atoms with Crippen LogP contribution < -0.4 is 0 Å². The van der Waals surface area contributed by atoms with E-state index in [2.05, 4.69) is 4.74 Å². The molecule has 0 aromatic heterocycles. The topological polar surface area (TPSA) is 63.6 Å². The lowest BCUT2D eigenvalue weighted by Gasteiger charge is -2.31. The van der Waals surface area contributed by atoms with E-state index in [9.17, 15) is 14.7 Å². The van der Waals surface area contributed by atoms with Crippen LogP contribution >= 0.6 is 0 Å². The van der Waals surface area contributed by atoms with E-state index < -0.39 is 17.0 Å². The van der Waals surface area contributed by atoms with Crippen LogP contribution in [0.25, 0.3) is 0 Å². The molecule has 0 aliphatic heterocycles. The van der Waals surface area contributed by atoms with Crippen LogP contribution in [0.4, 0.5) is 0 Å². The Bertz CT molecular complexity index is 265. The third-order valence-electron chi connectivity index (χ3n) is 2.43. The number of hydrogen-bond donors (Lipinski definition) is 1. The van der Waals surface area contributed by atoms with Crippen molar-refractivity contribution in [3.8, 4) is 0 Å². The number of aliphatic hydroxyl groups is 1. The van der Waals surface area contributed by atoms with Crippen molar-refractivity contribution in [2.45, 2.75) is 52.6 Å². The predicted molar refractivity (Wildman–Crippen MR) is 61.0 cm³/mol. The highest BCUT2D eigenvalue weighted by atomic mass is 16.5. The lowest BCUT2D eigenvalue weighted by molar-refractivity contribution is -0.158. The van der Waals surface area contributed by atoms with Gasteiger partial charge in [-0.25, -0.2) is 0 Å². The summed E-state index contributed by atoms with van der Waals surface area (Å²) in [6.07, 6.45) is 0.640. The van der Waals surface area contributed by atoms with Crippen LogP contribution in [0.2, 0.25) is 0 Å². The first-order chi connectivity index (χ1) is 7.17. The highest BCUT2D eigenvalue weighted by Crippen LogP contribution is 2.29. The molecule has 0 radical (unpaired) electrons. The van der Waals surface area contributed by atoms with Crippen LogP contribution in [0.1, 0.15) is 47.0 Å². The summed E-state index contributed by atoms with van der Waals surface area (Å²) in [6.45, 7) is 7.05. The third kappa shape index (κ3) is 3.93. The number of Topliss-reactive ketones (excluding diaryl/α,β-unsaturated/α-hetero) is 1. The molecule has 16 heavy (non-hydrogen) atoms. The van der Waals surface area contributed by atoms with Gasteiger partial charge in [-0.3, -0.25) is 9.59 Å². The molecule has 0 aromatic rings. The number of rotatable bonds is 5. The molecule has 4 nitrogen and oxygen atoms in total. The molecule has 0 fully saturated rings. The Morgan fingerprint density at radius 3 is 2.06 bits per heavy atom. The van der Waals surface area contributed by atoms with Crippen LogP contribution in [0, 0.1) is 5.41 Å². The van der Waals surface area contributed by atoms with Crippen molar-refractivity contribution in [2.24, 2.45) is 5.41 Å². The first kappa shape index (κ1) is 15.1. The number of ether oxygens (including phenoxy) is 1. The highest BCUT2D eigenvalue weighted by molar-refractivity contribution is 5.94. The summed E-state index contributed by atoms with van der Waals surface area (Å²) in [5.41, 5.74) is -2.27. The van der Waals surface area contributed by atoms with Crippen molar-refractivity contribution in [3.63, 3.8) is 0 Å². The fourth-order valence-corrected chi connectivity index (χ4v) is 1.70. The van der Waals surface area contributed by atoms with Gasteiger partial charge in [-0.05, 0) is 6.42 Å². The average molecular weight is 230 g/mol. The fourth-order valence-electron chi connectivity index (χ4n) is 1.70. The Hall–Kier alpha value is -0.900. The number of ketones is 1. The number of methoxy groups -OCH3 is 1. The summed E-state index contributed by atoms with van der Waals surface area (Å²) in [7, 11) is 1.25. The predicted octanol–water partition coefficient (Wildman–Crippen LogP) is 1.70. The van der Waals surface area contributed by atoms with Gasteiger partial charge in [-0.1, -0.05) is 34.1 Å². The molecule has 0 saturated heterocycles. The van der Waals surface area contributed by atoms with E-state index in [-0.39, 0.29) is 18.6 Å². The lowest BCUT2D eigenvalue weighted by atomic mass is 9.76. The minimum atomic E-state index is -1.60. The monoisotopic (exact) mass is 230 g/mol. The second kappa shape index (κ2) is 5.43. The standard InChI is InChI=1S/C12H22O4/c1-6-7-12(15,8-9(13)16-5)10(14)11(2,3)4/h15H,6-8H2,1-5H3. The van der Waals surface area contributed by atoms with Crippen molar-refractivity contribution < 1.29 is 19.4 Å². The molecule has 0 amide bonds. The Morgan fingerprint density at radius 1 is 1.25 bits per heavy atom. The Labute approximate surface area is 97.0 Å². The molecule has 1 atom stereocenters. The largest absolute Gasteiger partial charge is 0.469 e. The lowest BCUT2D eigenvalue weighted by Crippen LogP contribution is -2.47. The average Bonchev–Trinajstić information content (AvgIpc) is 2.15. The zero-order valence-corrected chi connectivity index (χ0v) is 10.8. The maximum Gasteiger partial charge on any atom is 0.308 e. The van der Waals surface area contributed by atoms with E-state index >= 15 is 0 Å². The molecule has 0 aromatic carbocycles. The molecule has 0 aliphatic rings. The Kier molecular flexibility index (Phi) is 5.13. The van der Waals surface area contributed by atoms with Gasteiger partial charge in [-0.2, -0.15) is 0 Å². The molecule has 0 spiro atoms. The van der Waals surface area contributed by atoms with Crippen LogP contribution in [-0.4, -0.2) is 29.6 Å². The molecule has 0 saturated carbocycles. The molecule has 0 aliphatic carbocycles. The maximum atomic E-state index is 12.1. The number of carbonyl (C=O) groups excluding carboxylic acids is 2. The molecule has 0 rings (SSSR count). The maximum absolute atomic E-state index is 12.1. The number of esters is 1. The van der Waals surface area contributed by atoms with Crippen LogP contribution in [0.5, 0.6) is 0 Å². The van der Waals surface area contributed by atoms with Gasteiger partial charge in [0.05, 0.1) is 13.5 Å². The van der Waals surface area contributed by atoms with Gasteiger partial charge < -0.3 is 9.84 Å². The quantitative estimate of drug-likeness (QED) is 0.730. The number of carbonyl (C=O) groups is 2. The van der Waals surface area contributed by atoms with Crippen molar-refractivity contribution in [3.05, 3.63) is 0 Å². The minimum Gasteiger partial charge on any atom is -0.469 e. The van der Waals surface area contributed by atoms with Crippen LogP contribution in [-0.2, 0) is 14.3 Å². The van der Waals surface area contributed by atoms with Gasteiger partial charge in [0.15, 0.2) is 5.78 Å². The molecule has 1 unspecified atom stereocenters. The molecular formula is C12H22O4. The van der Waals surface area contributed by atoms with Crippen LogP contribution in [0.15, 0.2) is 0 Å². The van der Waals surface area contributed by atoms with Crippen LogP contribution in [0.3, 0.4) is 0 Å². The van der Waals surface area contributed by atoms with Crippen molar-refractivity contribution in [2.75, 3.05) is 7.11 Å². The van der Waals surface area contributed by atoms with E-state index in [1.54, 1.807) is 20.8 Å². The summed E-state index contributed by atoms with van der Waals surface area (Å²) in [4.78, 5) is 23.3.